The van der Waals surface area contributed by atoms with Gasteiger partial charge in [-0.3, -0.25) is 14.3 Å². The Balaban J connectivity index is 1.61. The summed E-state index contributed by atoms with van der Waals surface area (Å²) in [7, 11) is 0. The van der Waals surface area contributed by atoms with Crippen molar-refractivity contribution in [1.82, 2.24) is 24.6 Å². The molecule has 0 saturated carbocycles. The molecule has 0 spiro atoms. The van der Waals surface area contributed by atoms with Crippen LogP contribution < -0.4 is 4.74 Å². The Hall–Kier alpha value is -2.87. The minimum absolute atomic E-state index is 0.156. The molecule has 3 heterocycles. The predicted octanol–water partition coefficient (Wildman–Crippen LogP) is 4.22. The van der Waals surface area contributed by atoms with E-state index in [0.29, 0.717) is 29.4 Å². The molecular formula is C23H27N5O2S. The Labute approximate surface area is 186 Å². The SMILES string of the molecule is CCOc1ccc(-n2c(SCC(=O)N3CCCCC3C)nnc2-c2ccncc2)cc1. The first kappa shape index (κ1) is 21.4. The van der Waals surface area contributed by atoms with E-state index in [2.05, 4.69) is 22.1 Å². The van der Waals surface area contributed by atoms with Crippen LogP contribution >= 0.6 is 11.8 Å². The van der Waals surface area contributed by atoms with Crippen LogP contribution in [0, 0.1) is 0 Å². The first-order valence-corrected chi connectivity index (χ1v) is 11.7. The van der Waals surface area contributed by atoms with E-state index >= 15 is 0 Å². The Morgan fingerprint density at radius 3 is 2.61 bits per heavy atom. The molecule has 1 saturated heterocycles. The van der Waals surface area contributed by atoms with Gasteiger partial charge in [-0.25, -0.2) is 0 Å². The second-order valence-electron chi connectivity index (χ2n) is 7.53. The third-order valence-corrected chi connectivity index (χ3v) is 6.34. The molecule has 162 valence electrons. The van der Waals surface area contributed by atoms with Gasteiger partial charge in [0, 0.05) is 36.2 Å². The lowest BCUT2D eigenvalue weighted by molar-refractivity contribution is -0.131. The Morgan fingerprint density at radius 2 is 1.90 bits per heavy atom. The molecule has 1 amide bonds. The summed E-state index contributed by atoms with van der Waals surface area (Å²) in [6.07, 6.45) is 6.82. The summed E-state index contributed by atoms with van der Waals surface area (Å²) < 4.78 is 7.56. The fraction of sp³-hybridized carbons (Fsp3) is 0.391. The number of thioether (sulfide) groups is 1. The highest BCUT2D eigenvalue weighted by Crippen LogP contribution is 2.29. The number of carbonyl (C=O) groups excluding carboxylic acids is 1. The van der Waals surface area contributed by atoms with Gasteiger partial charge in [-0.05, 0) is 69.5 Å². The normalized spacial score (nSPS) is 16.3. The van der Waals surface area contributed by atoms with Crippen molar-refractivity contribution in [3.05, 3.63) is 48.8 Å². The minimum atomic E-state index is 0.156. The molecule has 7 nitrogen and oxygen atoms in total. The van der Waals surface area contributed by atoms with Crippen LogP contribution in [-0.4, -0.2) is 55.5 Å². The van der Waals surface area contributed by atoms with Gasteiger partial charge in [-0.15, -0.1) is 10.2 Å². The van der Waals surface area contributed by atoms with Crippen molar-refractivity contribution in [2.45, 2.75) is 44.3 Å². The molecule has 1 atom stereocenters. The summed E-state index contributed by atoms with van der Waals surface area (Å²) in [6.45, 7) is 5.55. The highest BCUT2D eigenvalue weighted by atomic mass is 32.2. The first-order valence-electron chi connectivity index (χ1n) is 10.7. The summed E-state index contributed by atoms with van der Waals surface area (Å²) in [5, 5.41) is 9.54. The van der Waals surface area contributed by atoms with Crippen molar-refractivity contribution >= 4 is 17.7 Å². The highest BCUT2D eigenvalue weighted by Gasteiger charge is 2.24. The fourth-order valence-electron chi connectivity index (χ4n) is 3.82. The van der Waals surface area contributed by atoms with E-state index in [9.17, 15) is 4.79 Å². The lowest BCUT2D eigenvalue weighted by Crippen LogP contribution is -2.42. The summed E-state index contributed by atoms with van der Waals surface area (Å²) in [5.41, 5.74) is 1.83. The van der Waals surface area contributed by atoms with Crippen LogP contribution in [-0.2, 0) is 4.79 Å². The molecule has 0 N–H and O–H groups in total. The Morgan fingerprint density at radius 1 is 1.13 bits per heavy atom. The van der Waals surface area contributed by atoms with Crippen LogP contribution in [0.3, 0.4) is 0 Å². The summed E-state index contributed by atoms with van der Waals surface area (Å²) in [6, 6.07) is 12.0. The number of aromatic nitrogens is 4. The van der Waals surface area contributed by atoms with E-state index in [-0.39, 0.29) is 5.91 Å². The number of nitrogens with zero attached hydrogens (tertiary/aromatic N) is 5. The predicted molar refractivity (Wildman–Crippen MR) is 122 cm³/mol. The number of rotatable bonds is 7. The second kappa shape index (κ2) is 9.96. The lowest BCUT2D eigenvalue weighted by atomic mass is 10.0. The van der Waals surface area contributed by atoms with Gasteiger partial charge in [0.1, 0.15) is 5.75 Å². The fourth-order valence-corrected chi connectivity index (χ4v) is 4.66. The van der Waals surface area contributed by atoms with Crippen molar-refractivity contribution in [3.63, 3.8) is 0 Å². The molecule has 0 bridgehead atoms. The third-order valence-electron chi connectivity index (χ3n) is 5.43. The van der Waals surface area contributed by atoms with E-state index in [1.54, 1.807) is 12.4 Å². The maximum atomic E-state index is 12.8. The number of hydrogen-bond donors (Lipinski definition) is 0. The first-order chi connectivity index (χ1) is 15.2. The zero-order chi connectivity index (χ0) is 21.6. The van der Waals surface area contributed by atoms with Gasteiger partial charge in [0.15, 0.2) is 11.0 Å². The van der Waals surface area contributed by atoms with Crippen molar-refractivity contribution in [2.75, 3.05) is 18.9 Å². The molecule has 8 heteroatoms. The van der Waals surface area contributed by atoms with E-state index in [0.717, 1.165) is 36.4 Å². The number of pyridine rings is 1. The van der Waals surface area contributed by atoms with Gasteiger partial charge in [0.25, 0.3) is 0 Å². The summed E-state index contributed by atoms with van der Waals surface area (Å²) in [5.74, 6) is 2.03. The van der Waals surface area contributed by atoms with Crippen LogP contribution in [0.15, 0.2) is 53.9 Å². The van der Waals surface area contributed by atoms with Crippen molar-refractivity contribution in [1.29, 1.82) is 0 Å². The molecule has 1 aliphatic heterocycles. The molecule has 1 aromatic carbocycles. The third kappa shape index (κ3) is 4.90. The molecule has 31 heavy (non-hydrogen) atoms. The van der Waals surface area contributed by atoms with Gasteiger partial charge < -0.3 is 9.64 Å². The van der Waals surface area contributed by atoms with E-state index < -0.39 is 0 Å². The molecule has 0 radical (unpaired) electrons. The quantitative estimate of drug-likeness (QED) is 0.515. The van der Waals surface area contributed by atoms with Gasteiger partial charge in [-0.2, -0.15) is 0 Å². The van der Waals surface area contributed by atoms with E-state index in [1.807, 2.05) is 52.8 Å². The number of piperidine rings is 1. The van der Waals surface area contributed by atoms with Gasteiger partial charge in [0.05, 0.1) is 12.4 Å². The number of ether oxygens (including phenoxy) is 1. The zero-order valence-corrected chi connectivity index (χ0v) is 18.7. The van der Waals surface area contributed by atoms with Crippen LogP contribution in [0.2, 0.25) is 0 Å². The largest absolute Gasteiger partial charge is 0.494 e. The molecule has 1 unspecified atom stereocenters. The molecule has 3 aromatic rings. The van der Waals surface area contributed by atoms with E-state index in [1.165, 1.54) is 18.2 Å². The Kier molecular flexibility index (Phi) is 6.86. The molecule has 4 rings (SSSR count). The minimum Gasteiger partial charge on any atom is -0.494 e. The van der Waals surface area contributed by atoms with Crippen LogP contribution in [0.1, 0.15) is 33.1 Å². The standard InChI is InChI=1S/C23H27N5O2S/c1-3-30-20-9-7-19(8-10-20)28-22(18-11-13-24-14-12-18)25-26-23(28)31-16-21(29)27-15-5-4-6-17(27)2/h7-14,17H,3-6,15-16H2,1-2H3. The molecule has 1 fully saturated rings. The van der Waals surface area contributed by atoms with Crippen molar-refractivity contribution < 1.29 is 9.53 Å². The smallest absolute Gasteiger partial charge is 0.233 e. The molecule has 0 aliphatic carbocycles. The highest BCUT2D eigenvalue weighted by molar-refractivity contribution is 7.99. The van der Waals surface area contributed by atoms with Crippen molar-refractivity contribution in [2.24, 2.45) is 0 Å². The lowest BCUT2D eigenvalue weighted by Gasteiger charge is -2.33. The molecular weight excluding hydrogens is 410 g/mol. The monoisotopic (exact) mass is 437 g/mol. The molecule has 1 aliphatic rings. The number of hydrogen-bond acceptors (Lipinski definition) is 6. The average Bonchev–Trinajstić information content (AvgIpc) is 3.23. The number of benzene rings is 1. The number of carbonyl (C=O) groups is 1. The van der Waals surface area contributed by atoms with Crippen LogP contribution in [0.5, 0.6) is 5.75 Å². The number of likely N-dealkylation sites (tertiary alicyclic amines) is 1. The zero-order valence-electron chi connectivity index (χ0n) is 17.9. The van der Waals surface area contributed by atoms with Crippen LogP contribution in [0.4, 0.5) is 0 Å². The summed E-state index contributed by atoms with van der Waals surface area (Å²) >= 11 is 1.43. The average molecular weight is 438 g/mol. The van der Waals surface area contributed by atoms with Crippen molar-refractivity contribution in [3.8, 4) is 22.8 Å². The maximum absolute atomic E-state index is 12.8. The summed E-state index contributed by atoms with van der Waals surface area (Å²) in [4.78, 5) is 18.9. The Bertz CT molecular complexity index is 1010. The van der Waals surface area contributed by atoms with E-state index in [4.69, 9.17) is 4.74 Å². The van der Waals surface area contributed by atoms with Crippen LogP contribution in [0.25, 0.3) is 17.1 Å². The molecule has 2 aromatic heterocycles. The van der Waals surface area contributed by atoms with Gasteiger partial charge in [-0.1, -0.05) is 11.8 Å². The van der Waals surface area contributed by atoms with Gasteiger partial charge >= 0.3 is 0 Å². The maximum Gasteiger partial charge on any atom is 0.233 e. The van der Waals surface area contributed by atoms with Gasteiger partial charge in [0.2, 0.25) is 5.91 Å². The number of amides is 1. The second-order valence-corrected chi connectivity index (χ2v) is 8.47. The topological polar surface area (TPSA) is 73.1 Å².